The number of morpholine rings is 1. The first-order valence-electron chi connectivity index (χ1n) is 8.79. The van der Waals surface area contributed by atoms with E-state index in [-0.39, 0.29) is 29.2 Å². The molecule has 5 heteroatoms. The average molecular weight is 338 g/mol. The fraction of sp³-hybridized carbons (Fsp3) is 0.400. The van der Waals surface area contributed by atoms with E-state index < -0.39 is 0 Å². The van der Waals surface area contributed by atoms with Crippen molar-refractivity contribution in [3.63, 3.8) is 0 Å². The molecule has 1 aromatic heterocycles. The molecule has 2 heterocycles. The lowest BCUT2D eigenvalue weighted by Crippen LogP contribution is -2.49. The van der Waals surface area contributed by atoms with E-state index in [4.69, 9.17) is 4.74 Å². The van der Waals surface area contributed by atoms with Crippen LogP contribution in [0.5, 0.6) is 0 Å². The normalized spacial score (nSPS) is 23.5. The monoisotopic (exact) mass is 338 g/mol. The molecule has 1 aliphatic carbocycles. The Morgan fingerprint density at radius 1 is 1.08 bits per heavy atom. The molecule has 2 atom stereocenters. The Balaban J connectivity index is 1.62. The number of carbonyl (C=O) groups is 1. The van der Waals surface area contributed by atoms with E-state index in [1.807, 2.05) is 30.3 Å². The number of aromatic nitrogens is 1. The first-order chi connectivity index (χ1) is 12.1. The second kappa shape index (κ2) is 6.48. The van der Waals surface area contributed by atoms with Gasteiger partial charge in [-0.2, -0.15) is 0 Å². The molecule has 2 fully saturated rings. The van der Waals surface area contributed by atoms with Crippen LogP contribution in [0.15, 0.2) is 53.5 Å². The van der Waals surface area contributed by atoms with E-state index in [0.717, 1.165) is 18.4 Å². The summed E-state index contributed by atoms with van der Waals surface area (Å²) in [5, 5.41) is 0. The number of carbonyl (C=O) groups excluding carboxylic acids is 1. The first kappa shape index (κ1) is 16.1. The fourth-order valence-corrected chi connectivity index (χ4v) is 3.47. The lowest BCUT2D eigenvalue weighted by molar-refractivity contribution is -0.0864. The van der Waals surface area contributed by atoms with Gasteiger partial charge in [0.25, 0.3) is 11.5 Å². The summed E-state index contributed by atoms with van der Waals surface area (Å²) in [6.07, 6.45) is 3.88. The number of aryl methyl sites for hydroxylation is 1. The molecule has 1 aromatic carbocycles. The van der Waals surface area contributed by atoms with Crippen molar-refractivity contribution < 1.29 is 9.53 Å². The quantitative estimate of drug-likeness (QED) is 0.863. The van der Waals surface area contributed by atoms with Gasteiger partial charge in [0, 0.05) is 19.8 Å². The van der Waals surface area contributed by atoms with E-state index in [0.29, 0.717) is 19.0 Å². The zero-order valence-electron chi connectivity index (χ0n) is 14.3. The number of hydrogen-bond donors (Lipinski definition) is 0. The minimum atomic E-state index is -0.252. The number of rotatable bonds is 3. The van der Waals surface area contributed by atoms with Crippen LogP contribution in [0.1, 0.15) is 34.9 Å². The zero-order valence-corrected chi connectivity index (χ0v) is 14.3. The Bertz CT molecular complexity index is 826. The maximum atomic E-state index is 13.0. The molecular weight excluding hydrogens is 316 g/mol. The van der Waals surface area contributed by atoms with Gasteiger partial charge in [-0.25, -0.2) is 0 Å². The summed E-state index contributed by atoms with van der Waals surface area (Å²) < 4.78 is 7.73. The molecule has 0 radical (unpaired) electrons. The second-order valence-corrected chi connectivity index (χ2v) is 6.96. The molecule has 0 bridgehead atoms. The molecule has 5 nitrogen and oxygen atoms in total. The molecule has 0 N–H and O–H groups in total. The van der Waals surface area contributed by atoms with E-state index in [1.54, 1.807) is 30.3 Å². The van der Waals surface area contributed by atoms with Gasteiger partial charge >= 0.3 is 0 Å². The summed E-state index contributed by atoms with van der Waals surface area (Å²) >= 11 is 0. The molecule has 2 aliphatic rings. The second-order valence-electron chi connectivity index (χ2n) is 6.96. The third-order valence-electron chi connectivity index (χ3n) is 5.09. The molecule has 0 spiro atoms. The van der Waals surface area contributed by atoms with E-state index in [9.17, 15) is 9.59 Å². The highest BCUT2D eigenvalue weighted by Crippen LogP contribution is 2.39. The molecule has 2 aromatic rings. The summed E-state index contributed by atoms with van der Waals surface area (Å²) in [5.41, 5.74) is 1.05. The Morgan fingerprint density at radius 2 is 1.84 bits per heavy atom. The first-order valence-corrected chi connectivity index (χ1v) is 8.79. The SMILES string of the molecule is Cn1cccc(C(=O)N2C[C@@H](c3ccccc3)O[C@@H](C3CC3)C2)c1=O. The van der Waals surface area contributed by atoms with Gasteiger partial charge in [-0.15, -0.1) is 0 Å². The van der Waals surface area contributed by atoms with Crippen molar-refractivity contribution in [2.24, 2.45) is 13.0 Å². The summed E-state index contributed by atoms with van der Waals surface area (Å²) in [6, 6.07) is 13.4. The van der Waals surface area contributed by atoms with Crippen LogP contribution in [0.4, 0.5) is 0 Å². The third-order valence-corrected chi connectivity index (χ3v) is 5.09. The number of hydrogen-bond acceptors (Lipinski definition) is 3. The molecule has 0 unspecified atom stereocenters. The molecule has 4 rings (SSSR count). The molecule has 1 amide bonds. The van der Waals surface area contributed by atoms with Gasteiger partial charge in [-0.1, -0.05) is 30.3 Å². The Hall–Kier alpha value is -2.40. The van der Waals surface area contributed by atoms with Crippen LogP contribution < -0.4 is 5.56 Å². The average Bonchev–Trinajstić information content (AvgIpc) is 3.49. The summed E-state index contributed by atoms with van der Waals surface area (Å²) in [5.74, 6) is 0.330. The van der Waals surface area contributed by atoms with Crippen LogP contribution in [-0.2, 0) is 11.8 Å². The van der Waals surface area contributed by atoms with Crippen LogP contribution >= 0.6 is 0 Å². The van der Waals surface area contributed by atoms with Gasteiger partial charge < -0.3 is 14.2 Å². The van der Waals surface area contributed by atoms with E-state index >= 15 is 0 Å². The van der Waals surface area contributed by atoms with Crippen LogP contribution in [0, 0.1) is 5.92 Å². The van der Waals surface area contributed by atoms with Crippen molar-refractivity contribution in [3.8, 4) is 0 Å². The minimum absolute atomic E-state index is 0.0514. The van der Waals surface area contributed by atoms with Gasteiger partial charge in [0.05, 0.1) is 12.6 Å². The maximum Gasteiger partial charge on any atom is 0.263 e. The number of pyridine rings is 1. The van der Waals surface area contributed by atoms with Crippen molar-refractivity contribution in [3.05, 3.63) is 70.1 Å². The third kappa shape index (κ3) is 3.24. The molecule has 1 saturated carbocycles. The summed E-state index contributed by atoms with van der Waals surface area (Å²) in [6.45, 7) is 1.04. The minimum Gasteiger partial charge on any atom is -0.366 e. The summed E-state index contributed by atoms with van der Waals surface area (Å²) in [4.78, 5) is 27.1. The Labute approximate surface area is 146 Å². The maximum absolute atomic E-state index is 13.0. The predicted molar refractivity (Wildman–Crippen MR) is 94.4 cm³/mol. The van der Waals surface area contributed by atoms with Crippen LogP contribution in [0.25, 0.3) is 0 Å². The summed E-state index contributed by atoms with van der Waals surface area (Å²) in [7, 11) is 1.66. The molecule has 1 saturated heterocycles. The highest BCUT2D eigenvalue weighted by atomic mass is 16.5. The smallest absolute Gasteiger partial charge is 0.263 e. The fourth-order valence-electron chi connectivity index (χ4n) is 3.47. The molecule has 1 aliphatic heterocycles. The number of ether oxygens (including phenoxy) is 1. The molecular formula is C20H22N2O3. The van der Waals surface area contributed by atoms with Gasteiger partial charge in [0.2, 0.25) is 0 Å². The van der Waals surface area contributed by atoms with Crippen LogP contribution in [0.3, 0.4) is 0 Å². The van der Waals surface area contributed by atoms with Gasteiger partial charge in [0.1, 0.15) is 11.7 Å². The van der Waals surface area contributed by atoms with Gasteiger partial charge in [-0.3, -0.25) is 9.59 Å². The largest absolute Gasteiger partial charge is 0.366 e. The number of nitrogens with zero attached hydrogens (tertiary/aromatic N) is 2. The predicted octanol–water partition coefficient (Wildman–Crippen LogP) is 2.38. The van der Waals surface area contributed by atoms with Gasteiger partial charge in [0.15, 0.2) is 0 Å². The highest BCUT2D eigenvalue weighted by molar-refractivity contribution is 5.94. The van der Waals surface area contributed by atoms with Crippen molar-refractivity contribution in [1.29, 1.82) is 0 Å². The molecule has 25 heavy (non-hydrogen) atoms. The number of amides is 1. The van der Waals surface area contributed by atoms with Crippen molar-refractivity contribution >= 4 is 5.91 Å². The standard InChI is InChI=1S/C20H22N2O3/c1-21-11-5-8-16(19(21)23)20(24)22-12-17(14-6-3-2-4-7-14)25-18(13-22)15-9-10-15/h2-8,11,15,17-18H,9-10,12-13H2,1H3/t17-,18+/m0/s1. The Kier molecular flexibility index (Phi) is 4.17. The highest BCUT2D eigenvalue weighted by Gasteiger charge is 2.40. The Morgan fingerprint density at radius 3 is 2.56 bits per heavy atom. The number of benzene rings is 1. The van der Waals surface area contributed by atoms with Crippen molar-refractivity contribution in [1.82, 2.24) is 9.47 Å². The van der Waals surface area contributed by atoms with E-state index in [1.165, 1.54) is 4.57 Å². The molecule has 130 valence electrons. The van der Waals surface area contributed by atoms with Crippen molar-refractivity contribution in [2.75, 3.05) is 13.1 Å². The van der Waals surface area contributed by atoms with Crippen molar-refractivity contribution in [2.45, 2.75) is 25.0 Å². The van der Waals surface area contributed by atoms with Crippen LogP contribution in [0.2, 0.25) is 0 Å². The topological polar surface area (TPSA) is 51.5 Å². The van der Waals surface area contributed by atoms with Crippen LogP contribution in [-0.4, -0.2) is 34.6 Å². The van der Waals surface area contributed by atoms with Gasteiger partial charge in [-0.05, 0) is 36.5 Å². The zero-order chi connectivity index (χ0) is 17.4. The lowest BCUT2D eigenvalue weighted by Gasteiger charge is -2.38. The van der Waals surface area contributed by atoms with E-state index in [2.05, 4.69) is 0 Å². The lowest BCUT2D eigenvalue weighted by atomic mass is 10.0.